The molecule has 1 saturated heterocycles. The van der Waals surface area contributed by atoms with Crippen LogP contribution in [0.5, 0.6) is 0 Å². The summed E-state index contributed by atoms with van der Waals surface area (Å²) in [5.41, 5.74) is 2.10. The molecule has 4 heteroatoms. The maximum absolute atomic E-state index is 12.4. The molecule has 1 heterocycles. The minimum atomic E-state index is -0.288. The molecule has 4 nitrogen and oxygen atoms in total. The highest BCUT2D eigenvalue weighted by Gasteiger charge is 2.31. The van der Waals surface area contributed by atoms with E-state index in [1.807, 2.05) is 26.0 Å². The highest BCUT2D eigenvalue weighted by atomic mass is 16.5. The summed E-state index contributed by atoms with van der Waals surface area (Å²) < 4.78 is 5.35. The fraction of sp³-hybridized carbons (Fsp3) is 0.471. The van der Waals surface area contributed by atoms with E-state index in [1.165, 1.54) is 0 Å². The Kier molecular flexibility index (Phi) is 5.00. The zero-order valence-electron chi connectivity index (χ0n) is 12.5. The van der Waals surface area contributed by atoms with Gasteiger partial charge in [0.05, 0.1) is 18.8 Å². The summed E-state index contributed by atoms with van der Waals surface area (Å²) in [7, 11) is 0. The van der Waals surface area contributed by atoms with Gasteiger partial charge in [0.15, 0.2) is 0 Å². The number of carbonyl (C=O) groups excluding carboxylic acids is 1. The van der Waals surface area contributed by atoms with Crippen molar-refractivity contribution in [2.75, 3.05) is 19.8 Å². The van der Waals surface area contributed by atoms with Crippen molar-refractivity contribution in [2.45, 2.75) is 32.2 Å². The normalized spacial score (nSPS) is 20.7. The molecule has 0 aliphatic carbocycles. The molecule has 0 spiro atoms. The third-order valence-corrected chi connectivity index (χ3v) is 3.44. The fourth-order valence-electron chi connectivity index (χ4n) is 2.32. The second kappa shape index (κ2) is 6.75. The maximum Gasteiger partial charge on any atom is 0.251 e. The van der Waals surface area contributed by atoms with E-state index in [-0.39, 0.29) is 18.1 Å². The van der Waals surface area contributed by atoms with E-state index in [1.54, 1.807) is 6.07 Å². The van der Waals surface area contributed by atoms with E-state index in [4.69, 9.17) is 9.84 Å². The number of hydrogen-bond donors (Lipinski definition) is 2. The zero-order valence-corrected chi connectivity index (χ0v) is 12.5. The Labute approximate surface area is 125 Å². The third-order valence-electron chi connectivity index (χ3n) is 3.44. The number of nitrogens with one attached hydrogen (secondary N) is 1. The van der Waals surface area contributed by atoms with E-state index in [2.05, 4.69) is 17.2 Å². The van der Waals surface area contributed by atoms with Crippen LogP contribution in [-0.2, 0) is 4.74 Å². The molecule has 1 amide bonds. The Hall–Kier alpha value is -1.83. The smallest absolute Gasteiger partial charge is 0.251 e. The molecule has 0 aromatic heterocycles. The Balaban J connectivity index is 2.15. The van der Waals surface area contributed by atoms with Gasteiger partial charge < -0.3 is 15.2 Å². The van der Waals surface area contributed by atoms with E-state index >= 15 is 0 Å². The largest absolute Gasteiger partial charge is 0.395 e. The highest BCUT2D eigenvalue weighted by molar-refractivity contribution is 5.95. The number of benzene rings is 1. The molecule has 1 aliphatic rings. The van der Waals surface area contributed by atoms with Crippen LogP contribution in [0, 0.1) is 18.8 Å². The predicted molar refractivity (Wildman–Crippen MR) is 81.1 cm³/mol. The van der Waals surface area contributed by atoms with Gasteiger partial charge in [0.2, 0.25) is 0 Å². The number of amides is 1. The minimum absolute atomic E-state index is 0.0461. The molecule has 1 unspecified atom stereocenters. The maximum atomic E-state index is 12.4. The molecular weight excluding hydrogens is 266 g/mol. The Bertz CT molecular complexity index is 577. The van der Waals surface area contributed by atoms with Crippen molar-refractivity contribution in [2.24, 2.45) is 0 Å². The number of aliphatic hydroxyl groups is 1. The molecular formula is C17H21NO3. The molecule has 1 aliphatic heterocycles. The number of rotatable bonds is 3. The van der Waals surface area contributed by atoms with Gasteiger partial charge in [-0.2, -0.15) is 0 Å². The molecule has 1 atom stereocenters. The van der Waals surface area contributed by atoms with Crippen molar-refractivity contribution >= 4 is 5.91 Å². The average molecular weight is 287 g/mol. The van der Waals surface area contributed by atoms with Crippen LogP contribution in [0.3, 0.4) is 0 Å². The molecule has 0 bridgehead atoms. The van der Waals surface area contributed by atoms with Crippen molar-refractivity contribution in [1.29, 1.82) is 0 Å². The Morgan fingerprint density at radius 2 is 2.29 bits per heavy atom. The van der Waals surface area contributed by atoms with Gasteiger partial charge in [-0.05, 0) is 44.0 Å². The molecule has 0 saturated carbocycles. The van der Waals surface area contributed by atoms with E-state index in [9.17, 15) is 4.79 Å². The first-order valence-electron chi connectivity index (χ1n) is 7.14. The van der Waals surface area contributed by atoms with Crippen LogP contribution in [0.1, 0.15) is 41.3 Å². The summed E-state index contributed by atoms with van der Waals surface area (Å²) in [4.78, 5) is 12.4. The van der Waals surface area contributed by atoms with Crippen molar-refractivity contribution in [1.82, 2.24) is 5.32 Å². The quantitative estimate of drug-likeness (QED) is 0.831. The van der Waals surface area contributed by atoms with Gasteiger partial charge in [0.25, 0.3) is 5.91 Å². The second-order valence-electron chi connectivity index (χ2n) is 5.68. The van der Waals surface area contributed by atoms with Gasteiger partial charge >= 0.3 is 0 Å². The first-order chi connectivity index (χ1) is 10.0. The summed E-state index contributed by atoms with van der Waals surface area (Å²) in [6, 6.07) is 5.57. The molecule has 1 fully saturated rings. The predicted octanol–water partition coefficient (Wildman–Crippen LogP) is 1.64. The van der Waals surface area contributed by atoms with Crippen molar-refractivity contribution in [3.63, 3.8) is 0 Å². The first-order valence-corrected chi connectivity index (χ1v) is 7.14. The average Bonchev–Trinajstić information content (AvgIpc) is 2.85. The SMILES string of the molecule is Cc1cc(C#CCCO)cc(C(=O)NC2(C)CCOC2)c1. The summed E-state index contributed by atoms with van der Waals surface area (Å²) in [6.07, 6.45) is 1.26. The topological polar surface area (TPSA) is 58.6 Å². The standard InChI is InChI=1S/C17H21NO3/c1-13-9-14(5-3-4-7-19)11-15(10-13)16(20)18-17(2)6-8-21-12-17/h9-11,19H,4,6-8,12H2,1-2H3,(H,18,20). The molecule has 1 aromatic carbocycles. The number of hydrogen-bond acceptors (Lipinski definition) is 3. The van der Waals surface area contributed by atoms with E-state index < -0.39 is 0 Å². The lowest BCUT2D eigenvalue weighted by atomic mass is 10.00. The van der Waals surface area contributed by atoms with Crippen molar-refractivity contribution in [3.05, 3.63) is 34.9 Å². The van der Waals surface area contributed by atoms with E-state index in [0.717, 1.165) is 17.5 Å². The Morgan fingerprint density at radius 3 is 2.95 bits per heavy atom. The lowest BCUT2D eigenvalue weighted by Crippen LogP contribution is -2.46. The molecule has 1 aromatic rings. The van der Waals surface area contributed by atoms with Crippen LogP contribution < -0.4 is 5.32 Å². The van der Waals surface area contributed by atoms with Crippen LogP contribution in [0.4, 0.5) is 0 Å². The second-order valence-corrected chi connectivity index (χ2v) is 5.68. The van der Waals surface area contributed by atoms with E-state index in [0.29, 0.717) is 25.2 Å². The third kappa shape index (κ3) is 4.32. The summed E-state index contributed by atoms with van der Waals surface area (Å²) in [6.45, 7) is 5.21. The summed E-state index contributed by atoms with van der Waals surface area (Å²) in [5.74, 6) is 5.74. The van der Waals surface area contributed by atoms with Gasteiger partial charge in [-0.25, -0.2) is 0 Å². The molecule has 2 rings (SSSR count). The summed E-state index contributed by atoms with van der Waals surface area (Å²) >= 11 is 0. The monoisotopic (exact) mass is 287 g/mol. The van der Waals surface area contributed by atoms with Gasteiger partial charge in [-0.1, -0.05) is 11.8 Å². The lowest BCUT2D eigenvalue weighted by molar-refractivity contribution is 0.0889. The van der Waals surface area contributed by atoms with Crippen LogP contribution >= 0.6 is 0 Å². The van der Waals surface area contributed by atoms with Gasteiger partial charge in [-0.15, -0.1) is 0 Å². The number of aliphatic hydroxyl groups excluding tert-OH is 1. The molecule has 2 N–H and O–H groups in total. The highest BCUT2D eigenvalue weighted by Crippen LogP contribution is 2.19. The lowest BCUT2D eigenvalue weighted by Gasteiger charge is -2.23. The van der Waals surface area contributed by atoms with Crippen LogP contribution in [0.25, 0.3) is 0 Å². The van der Waals surface area contributed by atoms with Crippen LogP contribution in [0.2, 0.25) is 0 Å². The molecule has 112 valence electrons. The minimum Gasteiger partial charge on any atom is -0.395 e. The molecule has 21 heavy (non-hydrogen) atoms. The van der Waals surface area contributed by atoms with Gasteiger partial charge in [-0.3, -0.25) is 4.79 Å². The first kappa shape index (κ1) is 15.6. The summed E-state index contributed by atoms with van der Waals surface area (Å²) in [5, 5.41) is 11.8. The van der Waals surface area contributed by atoms with Gasteiger partial charge in [0, 0.05) is 24.2 Å². The van der Waals surface area contributed by atoms with Gasteiger partial charge in [0.1, 0.15) is 0 Å². The zero-order chi connectivity index (χ0) is 15.3. The van der Waals surface area contributed by atoms with Crippen molar-refractivity contribution in [3.8, 4) is 11.8 Å². The number of carbonyl (C=O) groups is 1. The molecule has 0 radical (unpaired) electrons. The van der Waals surface area contributed by atoms with Crippen LogP contribution in [0.15, 0.2) is 18.2 Å². The number of aryl methyl sites for hydroxylation is 1. The number of ether oxygens (including phenoxy) is 1. The fourth-order valence-corrected chi connectivity index (χ4v) is 2.32. The van der Waals surface area contributed by atoms with Crippen LogP contribution in [-0.4, -0.2) is 36.4 Å². The Morgan fingerprint density at radius 1 is 1.48 bits per heavy atom. The van der Waals surface area contributed by atoms with Crippen molar-refractivity contribution < 1.29 is 14.6 Å².